The van der Waals surface area contributed by atoms with E-state index in [0.717, 1.165) is 38.6 Å². The molecule has 1 aromatic heterocycles. The largest absolute Gasteiger partial charge is 0.381 e. The summed E-state index contributed by atoms with van der Waals surface area (Å²) in [6, 6.07) is 0. The lowest BCUT2D eigenvalue weighted by Crippen LogP contribution is -2.36. The van der Waals surface area contributed by atoms with Gasteiger partial charge in [0.15, 0.2) is 0 Å². The summed E-state index contributed by atoms with van der Waals surface area (Å²) >= 11 is 1.77. The van der Waals surface area contributed by atoms with Gasteiger partial charge in [-0.05, 0) is 19.8 Å². The van der Waals surface area contributed by atoms with Gasteiger partial charge < -0.3 is 9.47 Å². The summed E-state index contributed by atoms with van der Waals surface area (Å²) in [5, 5.41) is 3.40. The van der Waals surface area contributed by atoms with E-state index in [0.29, 0.717) is 0 Å². The van der Waals surface area contributed by atoms with Crippen molar-refractivity contribution in [3.05, 3.63) is 16.1 Å². The molecule has 2 fully saturated rings. The van der Waals surface area contributed by atoms with Gasteiger partial charge in [0.05, 0.1) is 5.69 Å². The van der Waals surface area contributed by atoms with E-state index in [4.69, 9.17) is 14.5 Å². The van der Waals surface area contributed by atoms with E-state index in [2.05, 4.69) is 12.3 Å². The summed E-state index contributed by atoms with van der Waals surface area (Å²) in [5.41, 5.74) is 1.13. The third-order valence-electron chi connectivity index (χ3n) is 3.63. The van der Waals surface area contributed by atoms with E-state index in [1.165, 1.54) is 23.5 Å². The molecule has 0 unspecified atom stereocenters. The Morgan fingerprint density at radius 1 is 1.47 bits per heavy atom. The van der Waals surface area contributed by atoms with Gasteiger partial charge in [-0.1, -0.05) is 0 Å². The minimum absolute atomic E-state index is 0.162. The molecule has 3 rings (SSSR count). The Labute approximate surface area is 106 Å². The molecule has 0 radical (unpaired) electrons. The molecule has 0 aromatic carbocycles. The molecule has 17 heavy (non-hydrogen) atoms. The summed E-state index contributed by atoms with van der Waals surface area (Å²) < 4.78 is 11.5. The molecule has 0 bridgehead atoms. The highest BCUT2D eigenvalue weighted by Crippen LogP contribution is 2.43. The number of hydrogen-bond acceptors (Lipinski definition) is 4. The van der Waals surface area contributed by atoms with Gasteiger partial charge in [-0.3, -0.25) is 0 Å². The maximum absolute atomic E-state index is 6.04. The van der Waals surface area contributed by atoms with Gasteiger partial charge in [-0.15, -0.1) is 11.3 Å². The predicted molar refractivity (Wildman–Crippen MR) is 67.4 cm³/mol. The summed E-state index contributed by atoms with van der Waals surface area (Å²) in [6.07, 6.45) is 4.51. The van der Waals surface area contributed by atoms with Crippen LogP contribution in [0.15, 0.2) is 5.38 Å². The molecule has 1 aliphatic carbocycles. The van der Waals surface area contributed by atoms with Crippen LogP contribution in [0.3, 0.4) is 0 Å². The van der Waals surface area contributed by atoms with Crippen molar-refractivity contribution in [2.24, 2.45) is 0 Å². The zero-order valence-corrected chi connectivity index (χ0v) is 11.1. The molecule has 0 N–H and O–H groups in total. The molecule has 2 aliphatic rings. The number of rotatable bonds is 4. The molecule has 2 heterocycles. The second kappa shape index (κ2) is 4.67. The fraction of sp³-hybridized carbons (Fsp3) is 0.769. The van der Waals surface area contributed by atoms with E-state index in [1.807, 2.05) is 0 Å². The number of hydrogen-bond donors (Lipinski definition) is 0. The molecule has 3 nitrogen and oxygen atoms in total. The van der Waals surface area contributed by atoms with Gasteiger partial charge in [0.2, 0.25) is 0 Å². The molecule has 1 aromatic rings. The third kappa shape index (κ3) is 2.26. The van der Waals surface area contributed by atoms with Gasteiger partial charge in [-0.2, -0.15) is 0 Å². The average molecular weight is 253 g/mol. The van der Waals surface area contributed by atoms with Crippen LogP contribution in [0.25, 0.3) is 0 Å². The molecule has 1 saturated heterocycles. The van der Waals surface area contributed by atoms with Crippen molar-refractivity contribution in [2.75, 3.05) is 19.8 Å². The number of ether oxygens (including phenoxy) is 2. The van der Waals surface area contributed by atoms with Crippen molar-refractivity contribution in [3.63, 3.8) is 0 Å². The van der Waals surface area contributed by atoms with Gasteiger partial charge in [0.1, 0.15) is 10.6 Å². The van der Waals surface area contributed by atoms with Gasteiger partial charge in [0, 0.05) is 44.0 Å². The zero-order valence-electron chi connectivity index (χ0n) is 10.3. The van der Waals surface area contributed by atoms with Crippen molar-refractivity contribution in [2.45, 2.75) is 44.1 Å². The van der Waals surface area contributed by atoms with Gasteiger partial charge in [-0.25, -0.2) is 4.98 Å². The molecule has 1 saturated carbocycles. The molecule has 0 spiro atoms. The molecule has 94 valence electrons. The first-order valence-electron chi connectivity index (χ1n) is 6.52. The van der Waals surface area contributed by atoms with Crippen molar-refractivity contribution in [3.8, 4) is 0 Å². The SMILES string of the molecule is CCOC1(c2nc(C3CC3)cs2)CCOCC1. The van der Waals surface area contributed by atoms with Gasteiger partial charge in [0.25, 0.3) is 0 Å². The first kappa shape index (κ1) is 11.6. The Hall–Kier alpha value is -0.450. The molecule has 4 heteroatoms. The molecule has 0 amide bonds. The van der Waals surface area contributed by atoms with Crippen LogP contribution in [0, 0.1) is 0 Å². The lowest BCUT2D eigenvalue weighted by molar-refractivity contribution is -0.112. The Balaban J connectivity index is 1.84. The Bertz CT molecular complexity index is 375. The van der Waals surface area contributed by atoms with Crippen LogP contribution >= 0.6 is 11.3 Å². The summed E-state index contributed by atoms with van der Waals surface area (Å²) in [4.78, 5) is 4.82. The standard InChI is InChI=1S/C13H19NO2S/c1-2-16-13(5-7-15-8-6-13)12-14-11(9-17-12)10-3-4-10/h9-10H,2-8H2,1H3. The molecule has 0 atom stereocenters. The molecular formula is C13H19NO2S. The Kier molecular flexibility index (Phi) is 3.19. The van der Waals surface area contributed by atoms with Gasteiger partial charge >= 0.3 is 0 Å². The quantitative estimate of drug-likeness (QED) is 0.826. The number of aromatic nitrogens is 1. The summed E-state index contributed by atoms with van der Waals surface area (Å²) in [5.74, 6) is 0.735. The fourth-order valence-electron chi connectivity index (χ4n) is 2.46. The predicted octanol–water partition coefficient (Wildman–Crippen LogP) is 3.06. The number of nitrogens with zero attached hydrogens (tertiary/aromatic N) is 1. The van der Waals surface area contributed by atoms with Crippen LogP contribution in [0.4, 0.5) is 0 Å². The molecule has 1 aliphatic heterocycles. The van der Waals surface area contributed by atoms with Crippen LogP contribution in [0.2, 0.25) is 0 Å². The first-order chi connectivity index (χ1) is 8.34. The van der Waals surface area contributed by atoms with E-state index < -0.39 is 0 Å². The number of thiazole rings is 1. The first-order valence-corrected chi connectivity index (χ1v) is 7.39. The lowest BCUT2D eigenvalue weighted by Gasteiger charge is -2.35. The van der Waals surface area contributed by atoms with Crippen LogP contribution in [-0.2, 0) is 15.1 Å². The Morgan fingerprint density at radius 2 is 2.24 bits per heavy atom. The topological polar surface area (TPSA) is 31.4 Å². The maximum atomic E-state index is 6.04. The van der Waals surface area contributed by atoms with Crippen LogP contribution in [-0.4, -0.2) is 24.8 Å². The lowest BCUT2D eigenvalue weighted by atomic mass is 9.95. The summed E-state index contributed by atoms with van der Waals surface area (Å²) in [6.45, 7) is 4.39. The van der Waals surface area contributed by atoms with Crippen molar-refractivity contribution < 1.29 is 9.47 Å². The van der Waals surface area contributed by atoms with E-state index >= 15 is 0 Å². The second-order valence-electron chi connectivity index (χ2n) is 4.89. The zero-order chi connectivity index (χ0) is 11.7. The highest BCUT2D eigenvalue weighted by molar-refractivity contribution is 7.09. The highest BCUT2D eigenvalue weighted by Gasteiger charge is 2.39. The van der Waals surface area contributed by atoms with E-state index in [1.54, 1.807) is 11.3 Å². The van der Waals surface area contributed by atoms with Crippen molar-refractivity contribution in [1.29, 1.82) is 0 Å². The van der Waals surface area contributed by atoms with E-state index in [9.17, 15) is 0 Å². The molecular weight excluding hydrogens is 234 g/mol. The minimum atomic E-state index is -0.162. The second-order valence-corrected chi connectivity index (χ2v) is 5.75. The fourth-order valence-corrected chi connectivity index (χ4v) is 3.57. The van der Waals surface area contributed by atoms with Crippen LogP contribution in [0.5, 0.6) is 0 Å². The van der Waals surface area contributed by atoms with E-state index in [-0.39, 0.29) is 5.60 Å². The Morgan fingerprint density at radius 3 is 2.88 bits per heavy atom. The monoisotopic (exact) mass is 253 g/mol. The summed E-state index contributed by atoms with van der Waals surface area (Å²) in [7, 11) is 0. The van der Waals surface area contributed by atoms with Crippen molar-refractivity contribution in [1.82, 2.24) is 4.98 Å². The smallest absolute Gasteiger partial charge is 0.125 e. The normalized spacial score (nSPS) is 23.8. The van der Waals surface area contributed by atoms with Crippen LogP contribution in [0.1, 0.15) is 49.2 Å². The van der Waals surface area contributed by atoms with Crippen molar-refractivity contribution >= 4 is 11.3 Å². The third-order valence-corrected chi connectivity index (χ3v) is 4.67. The minimum Gasteiger partial charge on any atom is -0.381 e. The highest BCUT2D eigenvalue weighted by atomic mass is 32.1. The maximum Gasteiger partial charge on any atom is 0.125 e. The average Bonchev–Trinajstić information content (AvgIpc) is 3.08. The van der Waals surface area contributed by atoms with Crippen LogP contribution < -0.4 is 0 Å².